The fraction of sp³-hybridized carbons (Fsp3) is 0.158. The molecule has 0 aliphatic carbocycles. The number of aromatic nitrogens is 1. The summed E-state index contributed by atoms with van der Waals surface area (Å²) in [5.41, 5.74) is 2.63. The lowest BCUT2D eigenvalue weighted by atomic mass is 10.1. The lowest BCUT2D eigenvalue weighted by Gasteiger charge is -2.05. The molecule has 27 heavy (non-hydrogen) atoms. The third-order valence-electron chi connectivity index (χ3n) is 3.80. The van der Waals surface area contributed by atoms with E-state index >= 15 is 0 Å². The standard InChI is InChI=1S/C19H17N3O4S/c1-3-26-18-9-6-14(10-17(18)22(24)25)16-11-27-19(21-16)20-15-7-4-13(5-8-15)12(2)23/h4-11H,3H2,1-2H3,(H,20,21). The Kier molecular flexibility index (Phi) is 5.46. The summed E-state index contributed by atoms with van der Waals surface area (Å²) < 4.78 is 5.30. The monoisotopic (exact) mass is 383 g/mol. The summed E-state index contributed by atoms with van der Waals surface area (Å²) in [6, 6.07) is 11.9. The zero-order chi connectivity index (χ0) is 19.4. The predicted octanol–water partition coefficient (Wildman–Crippen LogP) is 5.06. The summed E-state index contributed by atoms with van der Waals surface area (Å²) in [5.74, 6) is 0.251. The van der Waals surface area contributed by atoms with Gasteiger partial charge in [-0.1, -0.05) is 0 Å². The Balaban J connectivity index is 1.82. The van der Waals surface area contributed by atoms with E-state index in [1.165, 1.54) is 24.3 Å². The number of rotatable bonds is 7. The van der Waals surface area contributed by atoms with Crippen LogP contribution in [0.1, 0.15) is 24.2 Å². The van der Waals surface area contributed by atoms with E-state index in [1.807, 2.05) is 5.38 Å². The van der Waals surface area contributed by atoms with Crippen molar-refractivity contribution < 1.29 is 14.5 Å². The zero-order valence-corrected chi connectivity index (χ0v) is 15.6. The van der Waals surface area contributed by atoms with Crippen LogP contribution in [0, 0.1) is 10.1 Å². The maximum absolute atomic E-state index is 11.3. The largest absolute Gasteiger partial charge is 0.487 e. The average Bonchev–Trinajstić information content (AvgIpc) is 3.11. The number of Topliss-reactive ketones (excluding diaryl/α,β-unsaturated/α-hetero) is 1. The molecule has 8 heteroatoms. The van der Waals surface area contributed by atoms with Crippen molar-refractivity contribution in [2.45, 2.75) is 13.8 Å². The molecule has 0 aliphatic rings. The molecule has 0 amide bonds. The van der Waals surface area contributed by atoms with Gasteiger partial charge in [0.2, 0.25) is 0 Å². The maximum atomic E-state index is 11.3. The third kappa shape index (κ3) is 4.29. The van der Waals surface area contributed by atoms with Crippen LogP contribution in [-0.4, -0.2) is 22.3 Å². The molecule has 0 unspecified atom stereocenters. The highest BCUT2D eigenvalue weighted by Gasteiger charge is 2.17. The first kappa shape index (κ1) is 18.5. The number of hydrogen-bond donors (Lipinski definition) is 1. The fourth-order valence-corrected chi connectivity index (χ4v) is 3.21. The lowest BCUT2D eigenvalue weighted by Crippen LogP contribution is -1.97. The number of nitro groups is 1. The van der Waals surface area contributed by atoms with Crippen LogP contribution >= 0.6 is 11.3 Å². The molecule has 0 aliphatic heterocycles. The molecule has 3 aromatic rings. The normalized spacial score (nSPS) is 10.4. The Morgan fingerprint density at radius 1 is 1.26 bits per heavy atom. The van der Waals surface area contributed by atoms with Crippen molar-refractivity contribution in [1.82, 2.24) is 4.98 Å². The van der Waals surface area contributed by atoms with Gasteiger partial charge in [-0.05, 0) is 50.2 Å². The molecule has 138 valence electrons. The molecule has 0 spiro atoms. The molecule has 1 heterocycles. The minimum atomic E-state index is -0.462. The van der Waals surface area contributed by atoms with E-state index in [9.17, 15) is 14.9 Å². The van der Waals surface area contributed by atoms with Crippen molar-refractivity contribution in [3.63, 3.8) is 0 Å². The van der Waals surface area contributed by atoms with Gasteiger partial charge in [-0.3, -0.25) is 14.9 Å². The van der Waals surface area contributed by atoms with Gasteiger partial charge in [-0.25, -0.2) is 4.98 Å². The van der Waals surface area contributed by atoms with Crippen molar-refractivity contribution in [3.8, 4) is 17.0 Å². The molecule has 0 saturated carbocycles. The van der Waals surface area contributed by atoms with Crippen LogP contribution < -0.4 is 10.1 Å². The van der Waals surface area contributed by atoms with Crippen LogP contribution in [-0.2, 0) is 0 Å². The summed E-state index contributed by atoms with van der Waals surface area (Å²) >= 11 is 1.39. The van der Waals surface area contributed by atoms with Gasteiger partial charge in [-0.2, -0.15) is 0 Å². The first-order valence-corrected chi connectivity index (χ1v) is 9.11. The SMILES string of the molecule is CCOc1ccc(-c2csc(Nc3ccc(C(C)=O)cc3)n2)cc1[N+](=O)[O-]. The van der Waals surface area contributed by atoms with E-state index in [-0.39, 0.29) is 17.2 Å². The molecular formula is C19H17N3O4S. The Morgan fingerprint density at radius 3 is 2.63 bits per heavy atom. The van der Waals surface area contributed by atoms with E-state index in [0.29, 0.717) is 28.6 Å². The minimum absolute atomic E-state index is 0.00942. The van der Waals surface area contributed by atoms with E-state index in [4.69, 9.17) is 4.74 Å². The topological polar surface area (TPSA) is 94.4 Å². The zero-order valence-electron chi connectivity index (χ0n) is 14.8. The number of carbonyl (C=O) groups is 1. The first-order valence-electron chi connectivity index (χ1n) is 8.23. The maximum Gasteiger partial charge on any atom is 0.311 e. The lowest BCUT2D eigenvalue weighted by molar-refractivity contribution is -0.385. The number of nitrogens with zero attached hydrogens (tertiary/aromatic N) is 2. The highest BCUT2D eigenvalue weighted by molar-refractivity contribution is 7.14. The van der Waals surface area contributed by atoms with E-state index in [1.54, 1.807) is 43.3 Å². The molecule has 0 fully saturated rings. The van der Waals surface area contributed by atoms with Crippen molar-refractivity contribution in [2.75, 3.05) is 11.9 Å². The summed E-state index contributed by atoms with van der Waals surface area (Å²) in [4.78, 5) is 26.6. The van der Waals surface area contributed by atoms with Crippen LogP contribution in [0.15, 0.2) is 47.8 Å². The Hall–Kier alpha value is -3.26. The van der Waals surface area contributed by atoms with Gasteiger partial charge in [0.15, 0.2) is 16.7 Å². The average molecular weight is 383 g/mol. The quantitative estimate of drug-likeness (QED) is 0.348. The van der Waals surface area contributed by atoms with Crippen LogP contribution in [0.25, 0.3) is 11.3 Å². The molecule has 3 rings (SSSR count). The predicted molar refractivity (Wildman–Crippen MR) is 105 cm³/mol. The highest BCUT2D eigenvalue weighted by Crippen LogP contribution is 2.34. The number of anilines is 2. The molecule has 0 bridgehead atoms. The van der Waals surface area contributed by atoms with Gasteiger partial charge in [0.25, 0.3) is 0 Å². The Bertz CT molecular complexity index is 983. The Morgan fingerprint density at radius 2 is 2.00 bits per heavy atom. The number of hydrogen-bond acceptors (Lipinski definition) is 7. The van der Waals surface area contributed by atoms with Crippen molar-refractivity contribution in [1.29, 1.82) is 0 Å². The number of ether oxygens (including phenoxy) is 1. The smallest absolute Gasteiger partial charge is 0.311 e. The number of thiazole rings is 1. The Labute approximate surface area is 159 Å². The van der Waals surface area contributed by atoms with Crippen molar-refractivity contribution in [3.05, 3.63) is 63.5 Å². The van der Waals surface area contributed by atoms with Gasteiger partial charge >= 0.3 is 5.69 Å². The third-order valence-corrected chi connectivity index (χ3v) is 4.56. The van der Waals surface area contributed by atoms with Crippen molar-refractivity contribution in [2.24, 2.45) is 0 Å². The van der Waals surface area contributed by atoms with E-state index < -0.39 is 4.92 Å². The molecule has 0 atom stereocenters. The molecule has 2 aromatic carbocycles. The molecule has 0 saturated heterocycles. The number of nitro benzene ring substituents is 1. The van der Waals surface area contributed by atoms with Crippen LogP contribution in [0.4, 0.5) is 16.5 Å². The number of carbonyl (C=O) groups excluding carboxylic acids is 1. The van der Waals surface area contributed by atoms with Gasteiger partial charge in [0.05, 0.1) is 17.2 Å². The minimum Gasteiger partial charge on any atom is -0.487 e. The van der Waals surface area contributed by atoms with Gasteiger partial charge in [0.1, 0.15) is 0 Å². The number of ketones is 1. The molecule has 1 aromatic heterocycles. The summed E-state index contributed by atoms with van der Waals surface area (Å²) in [6.45, 7) is 3.65. The molecule has 1 N–H and O–H groups in total. The summed E-state index contributed by atoms with van der Waals surface area (Å²) in [6.07, 6.45) is 0. The van der Waals surface area contributed by atoms with Gasteiger partial charge in [-0.15, -0.1) is 11.3 Å². The molecule has 0 radical (unpaired) electrons. The molecule has 7 nitrogen and oxygen atoms in total. The second-order valence-electron chi connectivity index (χ2n) is 5.67. The van der Waals surface area contributed by atoms with E-state index in [2.05, 4.69) is 10.3 Å². The highest BCUT2D eigenvalue weighted by atomic mass is 32.1. The number of nitrogens with one attached hydrogen (secondary N) is 1. The summed E-state index contributed by atoms with van der Waals surface area (Å²) in [7, 11) is 0. The second kappa shape index (κ2) is 7.96. The van der Waals surface area contributed by atoms with Crippen LogP contribution in [0.3, 0.4) is 0 Å². The van der Waals surface area contributed by atoms with E-state index in [0.717, 1.165) is 5.69 Å². The summed E-state index contributed by atoms with van der Waals surface area (Å²) in [5, 5.41) is 16.9. The van der Waals surface area contributed by atoms with Crippen LogP contribution in [0.2, 0.25) is 0 Å². The molecular weight excluding hydrogens is 366 g/mol. The first-order chi connectivity index (χ1) is 13.0. The van der Waals surface area contributed by atoms with Crippen molar-refractivity contribution >= 4 is 33.6 Å². The second-order valence-corrected chi connectivity index (χ2v) is 6.53. The van der Waals surface area contributed by atoms with Crippen LogP contribution in [0.5, 0.6) is 5.75 Å². The van der Waals surface area contributed by atoms with Gasteiger partial charge in [0, 0.05) is 28.3 Å². The number of benzene rings is 2. The van der Waals surface area contributed by atoms with Gasteiger partial charge < -0.3 is 10.1 Å². The fourth-order valence-electron chi connectivity index (χ4n) is 2.47.